The van der Waals surface area contributed by atoms with Crippen molar-refractivity contribution in [3.8, 4) is 11.5 Å². The molecule has 4 nitrogen and oxygen atoms in total. The minimum absolute atomic E-state index is 0.173. The molecule has 0 saturated heterocycles. The van der Waals surface area contributed by atoms with Crippen molar-refractivity contribution in [2.75, 3.05) is 20.3 Å². The highest BCUT2D eigenvalue weighted by Crippen LogP contribution is 2.24. The third-order valence-corrected chi connectivity index (χ3v) is 3.44. The van der Waals surface area contributed by atoms with E-state index < -0.39 is 0 Å². The van der Waals surface area contributed by atoms with Gasteiger partial charge in [-0.25, -0.2) is 0 Å². The van der Waals surface area contributed by atoms with Crippen LogP contribution in [0.1, 0.15) is 25.7 Å². The van der Waals surface area contributed by atoms with Crippen molar-refractivity contribution in [2.24, 2.45) is 5.92 Å². The maximum absolute atomic E-state index is 11.8. The number of rotatable bonds is 6. The zero-order valence-electron chi connectivity index (χ0n) is 11.4. The molecule has 1 aromatic rings. The van der Waals surface area contributed by atoms with Gasteiger partial charge in [-0.3, -0.25) is 4.79 Å². The predicted octanol–water partition coefficient (Wildman–Crippen LogP) is 2.38. The van der Waals surface area contributed by atoms with Gasteiger partial charge in [0.1, 0.15) is 18.1 Å². The van der Waals surface area contributed by atoms with Crippen LogP contribution in [0, 0.1) is 5.92 Å². The van der Waals surface area contributed by atoms with Gasteiger partial charge in [0.2, 0.25) is 5.91 Å². The second kappa shape index (κ2) is 7.02. The van der Waals surface area contributed by atoms with Crippen molar-refractivity contribution in [2.45, 2.75) is 25.7 Å². The topological polar surface area (TPSA) is 47.6 Å². The Morgan fingerprint density at radius 3 is 2.79 bits per heavy atom. The Hall–Kier alpha value is -1.71. The van der Waals surface area contributed by atoms with Crippen LogP contribution < -0.4 is 14.8 Å². The van der Waals surface area contributed by atoms with Gasteiger partial charge in [-0.05, 0) is 25.0 Å². The van der Waals surface area contributed by atoms with Gasteiger partial charge in [0.25, 0.3) is 0 Å². The first-order valence-corrected chi connectivity index (χ1v) is 6.84. The molecule has 0 bridgehead atoms. The highest BCUT2D eigenvalue weighted by Gasteiger charge is 2.21. The zero-order valence-corrected chi connectivity index (χ0v) is 11.4. The third-order valence-electron chi connectivity index (χ3n) is 3.44. The normalized spacial score (nSPS) is 15.2. The number of hydrogen-bond acceptors (Lipinski definition) is 3. The van der Waals surface area contributed by atoms with E-state index in [2.05, 4.69) is 5.32 Å². The van der Waals surface area contributed by atoms with Gasteiger partial charge in [0, 0.05) is 12.0 Å². The molecule has 1 fully saturated rings. The maximum Gasteiger partial charge on any atom is 0.223 e. The third kappa shape index (κ3) is 4.16. The fourth-order valence-electron chi connectivity index (χ4n) is 2.37. The lowest BCUT2D eigenvalue weighted by Gasteiger charge is -2.11. The van der Waals surface area contributed by atoms with Crippen LogP contribution in [-0.4, -0.2) is 26.2 Å². The lowest BCUT2D eigenvalue weighted by Crippen LogP contribution is -2.32. The van der Waals surface area contributed by atoms with Crippen LogP contribution in [0.25, 0.3) is 0 Å². The summed E-state index contributed by atoms with van der Waals surface area (Å²) in [5.74, 6) is 1.92. The Morgan fingerprint density at radius 1 is 1.32 bits per heavy atom. The summed E-state index contributed by atoms with van der Waals surface area (Å²) in [6.45, 7) is 1.03. The Labute approximate surface area is 114 Å². The fourth-order valence-corrected chi connectivity index (χ4v) is 2.37. The second-order valence-corrected chi connectivity index (χ2v) is 4.80. The summed E-state index contributed by atoms with van der Waals surface area (Å²) in [7, 11) is 1.63. The standard InChI is InChI=1S/C15H21NO3/c1-18-13-7-4-8-14(11-13)19-10-9-16-15(17)12-5-2-3-6-12/h4,7-8,11-12H,2-3,5-6,9-10H2,1H3,(H,16,17). The molecule has 0 unspecified atom stereocenters. The first kappa shape index (κ1) is 13.7. The monoisotopic (exact) mass is 263 g/mol. The number of ether oxygens (including phenoxy) is 2. The molecule has 0 heterocycles. The van der Waals surface area contributed by atoms with Gasteiger partial charge in [0.05, 0.1) is 13.7 Å². The molecule has 104 valence electrons. The second-order valence-electron chi connectivity index (χ2n) is 4.80. The van der Waals surface area contributed by atoms with Crippen LogP contribution in [0.4, 0.5) is 0 Å². The molecule has 19 heavy (non-hydrogen) atoms. The summed E-state index contributed by atoms with van der Waals surface area (Å²) in [6.07, 6.45) is 4.42. The number of methoxy groups -OCH3 is 1. The van der Waals surface area contributed by atoms with Gasteiger partial charge in [0.15, 0.2) is 0 Å². The van der Waals surface area contributed by atoms with Crippen molar-refractivity contribution >= 4 is 5.91 Å². The minimum Gasteiger partial charge on any atom is -0.497 e. The van der Waals surface area contributed by atoms with Crippen molar-refractivity contribution in [1.29, 1.82) is 0 Å². The highest BCUT2D eigenvalue weighted by atomic mass is 16.5. The fraction of sp³-hybridized carbons (Fsp3) is 0.533. The van der Waals surface area contributed by atoms with Gasteiger partial charge >= 0.3 is 0 Å². The molecule has 0 aromatic heterocycles. The van der Waals surface area contributed by atoms with E-state index in [0.29, 0.717) is 13.2 Å². The molecule has 1 N–H and O–H groups in total. The Bertz CT molecular complexity index is 414. The first-order chi connectivity index (χ1) is 9.29. The van der Waals surface area contributed by atoms with Crippen LogP contribution in [0.5, 0.6) is 11.5 Å². The quantitative estimate of drug-likeness (QED) is 0.802. The lowest BCUT2D eigenvalue weighted by atomic mass is 10.1. The predicted molar refractivity (Wildman–Crippen MR) is 73.5 cm³/mol. The maximum atomic E-state index is 11.8. The number of amides is 1. The molecule has 1 aliphatic carbocycles. The van der Waals surface area contributed by atoms with Gasteiger partial charge < -0.3 is 14.8 Å². The van der Waals surface area contributed by atoms with Crippen molar-refractivity contribution in [1.82, 2.24) is 5.32 Å². The summed E-state index contributed by atoms with van der Waals surface area (Å²) in [5, 5.41) is 2.93. The lowest BCUT2D eigenvalue weighted by molar-refractivity contribution is -0.124. The smallest absolute Gasteiger partial charge is 0.223 e. The van der Waals surface area contributed by atoms with Crippen molar-refractivity contribution in [3.05, 3.63) is 24.3 Å². The summed E-state index contributed by atoms with van der Waals surface area (Å²) in [6, 6.07) is 7.46. The van der Waals surface area contributed by atoms with Gasteiger partial charge in [-0.2, -0.15) is 0 Å². The molecule has 0 spiro atoms. The van der Waals surface area contributed by atoms with E-state index in [-0.39, 0.29) is 11.8 Å². The van der Waals surface area contributed by atoms with Crippen LogP contribution in [-0.2, 0) is 4.79 Å². The van der Waals surface area contributed by atoms with Crippen LogP contribution in [0.2, 0.25) is 0 Å². The average Bonchev–Trinajstić information content (AvgIpc) is 2.98. The number of benzene rings is 1. The summed E-state index contributed by atoms with van der Waals surface area (Å²) >= 11 is 0. The number of nitrogens with one attached hydrogen (secondary N) is 1. The van der Waals surface area contributed by atoms with E-state index in [4.69, 9.17) is 9.47 Å². The van der Waals surface area contributed by atoms with E-state index >= 15 is 0 Å². The Kier molecular flexibility index (Phi) is 5.07. The van der Waals surface area contributed by atoms with E-state index in [1.54, 1.807) is 7.11 Å². The van der Waals surface area contributed by atoms with Gasteiger partial charge in [-0.15, -0.1) is 0 Å². The summed E-state index contributed by atoms with van der Waals surface area (Å²) in [5.41, 5.74) is 0. The molecule has 1 saturated carbocycles. The Balaban J connectivity index is 1.67. The number of hydrogen-bond donors (Lipinski definition) is 1. The van der Waals surface area contributed by atoms with E-state index in [9.17, 15) is 4.79 Å². The van der Waals surface area contributed by atoms with E-state index in [1.807, 2.05) is 24.3 Å². The molecule has 0 radical (unpaired) electrons. The molecule has 1 amide bonds. The van der Waals surface area contributed by atoms with Crippen molar-refractivity contribution in [3.63, 3.8) is 0 Å². The minimum atomic E-state index is 0.173. The Morgan fingerprint density at radius 2 is 2.05 bits per heavy atom. The number of carbonyl (C=O) groups excluding carboxylic acids is 1. The van der Waals surface area contributed by atoms with Crippen molar-refractivity contribution < 1.29 is 14.3 Å². The summed E-state index contributed by atoms with van der Waals surface area (Å²) < 4.78 is 10.7. The molecular weight excluding hydrogens is 242 g/mol. The molecule has 0 atom stereocenters. The van der Waals surface area contributed by atoms with E-state index in [0.717, 1.165) is 24.3 Å². The van der Waals surface area contributed by atoms with Crippen LogP contribution in [0.3, 0.4) is 0 Å². The molecule has 0 aliphatic heterocycles. The first-order valence-electron chi connectivity index (χ1n) is 6.84. The highest BCUT2D eigenvalue weighted by molar-refractivity contribution is 5.78. The van der Waals surface area contributed by atoms with Gasteiger partial charge in [-0.1, -0.05) is 18.9 Å². The van der Waals surface area contributed by atoms with E-state index in [1.165, 1.54) is 12.8 Å². The molecule has 1 aliphatic rings. The average molecular weight is 263 g/mol. The largest absolute Gasteiger partial charge is 0.497 e. The molecule has 2 rings (SSSR count). The SMILES string of the molecule is COc1cccc(OCCNC(=O)C2CCCC2)c1. The molecular formula is C15H21NO3. The molecule has 4 heteroatoms. The summed E-state index contributed by atoms with van der Waals surface area (Å²) in [4.78, 5) is 11.8. The van der Waals surface area contributed by atoms with Crippen LogP contribution >= 0.6 is 0 Å². The van der Waals surface area contributed by atoms with Crippen LogP contribution in [0.15, 0.2) is 24.3 Å². The zero-order chi connectivity index (χ0) is 13.5. The molecule has 1 aromatic carbocycles. The number of carbonyl (C=O) groups is 1.